The summed E-state index contributed by atoms with van der Waals surface area (Å²) in [6, 6.07) is 5.77. The van der Waals surface area contributed by atoms with Gasteiger partial charge in [0.1, 0.15) is 5.76 Å². The Bertz CT molecular complexity index is 740. The molecule has 1 heterocycles. The van der Waals surface area contributed by atoms with Crippen molar-refractivity contribution < 1.29 is 18.8 Å². The quantitative estimate of drug-likeness (QED) is 0.812. The van der Waals surface area contributed by atoms with Crippen molar-refractivity contribution in [2.45, 2.75) is 53.6 Å². The van der Waals surface area contributed by atoms with Gasteiger partial charge in [-0.1, -0.05) is 23.4 Å². The number of rotatable bonds is 6. The lowest BCUT2D eigenvalue weighted by molar-refractivity contribution is -0.153. The van der Waals surface area contributed by atoms with E-state index in [-0.39, 0.29) is 12.3 Å². The SMILES string of the molecule is Cc1cccc(C)c1NC(=O)[C@@H](C)OC(=O)CCc1c(C)noc1C. The van der Waals surface area contributed by atoms with E-state index in [2.05, 4.69) is 10.5 Å². The van der Waals surface area contributed by atoms with Gasteiger partial charge in [-0.15, -0.1) is 0 Å². The van der Waals surface area contributed by atoms with Crippen molar-refractivity contribution in [1.82, 2.24) is 5.16 Å². The summed E-state index contributed by atoms with van der Waals surface area (Å²) in [6.45, 7) is 9.04. The maximum atomic E-state index is 12.3. The second kappa shape index (κ2) is 7.96. The van der Waals surface area contributed by atoms with Crippen LogP contribution in [0.1, 0.15) is 41.5 Å². The van der Waals surface area contributed by atoms with Crippen molar-refractivity contribution in [3.63, 3.8) is 0 Å². The van der Waals surface area contributed by atoms with Crippen LogP contribution in [0.15, 0.2) is 22.7 Å². The second-order valence-electron chi connectivity index (χ2n) is 6.19. The Balaban J connectivity index is 1.89. The topological polar surface area (TPSA) is 81.4 Å². The monoisotopic (exact) mass is 344 g/mol. The van der Waals surface area contributed by atoms with Crippen LogP contribution < -0.4 is 5.32 Å². The van der Waals surface area contributed by atoms with Gasteiger partial charge in [-0.25, -0.2) is 0 Å². The number of carbonyl (C=O) groups is 2. The Kier molecular flexibility index (Phi) is 5.96. The lowest BCUT2D eigenvalue weighted by Gasteiger charge is -2.16. The highest BCUT2D eigenvalue weighted by molar-refractivity contribution is 5.96. The fourth-order valence-electron chi connectivity index (χ4n) is 2.63. The van der Waals surface area contributed by atoms with E-state index in [4.69, 9.17) is 9.26 Å². The Morgan fingerprint density at radius 1 is 1.20 bits per heavy atom. The van der Waals surface area contributed by atoms with Crippen molar-refractivity contribution in [3.05, 3.63) is 46.3 Å². The highest BCUT2D eigenvalue weighted by atomic mass is 16.5. The van der Waals surface area contributed by atoms with E-state index < -0.39 is 12.1 Å². The number of nitrogens with zero attached hydrogens (tertiary/aromatic N) is 1. The van der Waals surface area contributed by atoms with E-state index >= 15 is 0 Å². The molecular formula is C19H24N2O4. The van der Waals surface area contributed by atoms with E-state index in [9.17, 15) is 9.59 Å². The Morgan fingerprint density at radius 3 is 2.40 bits per heavy atom. The number of benzene rings is 1. The van der Waals surface area contributed by atoms with Gasteiger partial charge >= 0.3 is 5.97 Å². The summed E-state index contributed by atoms with van der Waals surface area (Å²) < 4.78 is 10.3. The largest absolute Gasteiger partial charge is 0.453 e. The Hall–Kier alpha value is -2.63. The molecule has 0 bridgehead atoms. The highest BCUT2D eigenvalue weighted by Gasteiger charge is 2.20. The molecule has 1 amide bonds. The molecule has 0 unspecified atom stereocenters. The zero-order valence-electron chi connectivity index (χ0n) is 15.3. The standard InChI is InChI=1S/C19H24N2O4/c1-11-7-6-8-12(2)18(11)20-19(23)15(5)24-17(22)10-9-16-13(3)21-25-14(16)4/h6-8,15H,9-10H2,1-5H3,(H,20,23)/t15-/m1/s1. The van der Waals surface area contributed by atoms with Crippen molar-refractivity contribution in [2.24, 2.45) is 0 Å². The molecule has 0 saturated heterocycles. The molecule has 2 rings (SSSR count). The molecule has 0 aliphatic carbocycles. The third kappa shape index (κ3) is 4.68. The number of ether oxygens (including phenoxy) is 1. The third-order valence-electron chi connectivity index (χ3n) is 4.17. The molecular weight excluding hydrogens is 320 g/mol. The Labute approximate surface area is 147 Å². The Morgan fingerprint density at radius 2 is 1.84 bits per heavy atom. The lowest BCUT2D eigenvalue weighted by atomic mass is 10.1. The summed E-state index contributed by atoms with van der Waals surface area (Å²) >= 11 is 0. The summed E-state index contributed by atoms with van der Waals surface area (Å²) in [4.78, 5) is 24.3. The molecule has 0 aliphatic heterocycles. The van der Waals surface area contributed by atoms with Gasteiger partial charge in [0.15, 0.2) is 6.10 Å². The van der Waals surface area contributed by atoms with E-state index in [1.807, 2.05) is 39.0 Å². The average Bonchev–Trinajstić information content (AvgIpc) is 2.87. The smallest absolute Gasteiger partial charge is 0.306 e. The number of amides is 1. The number of aromatic nitrogens is 1. The molecule has 0 aliphatic rings. The summed E-state index contributed by atoms with van der Waals surface area (Å²) in [6.07, 6.45) is -0.217. The van der Waals surface area contributed by atoms with Crippen LogP contribution in [0.25, 0.3) is 0 Å². The van der Waals surface area contributed by atoms with Crippen molar-refractivity contribution in [2.75, 3.05) is 5.32 Å². The van der Waals surface area contributed by atoms with Gasteiger partial charge in [0.2, 0.25) is 0 Å². The van der Waals surface area contributed by atoms with Crippen LogP contribution in [0.4, 0.5) is 5.69 Å². The number of hydrogen-bond acceptors (Lipinski definition) is 5. The normalized spacial score (nSPS) is 11.9. The average molecular weight is 344 g/mol. The first-order chi connectivity index (χ1) is 11.8. The molecule has 134 valence electrons. The first kappa shape index (κ1) is 18.7. The van der Waals surface area contributed by atoms with Crippen molar-refractivity contribution >= 4 is 17.6 Å². The van der Waals surface area contributed by atoms with E-state index in [0.717, 1.165) is 28.1 Å². The molecule has 0 fully saturated rings. The summed E-state index contributed by atoms with van der Waals surface area (Å²) in [5, 5.41) is 6.69. The van der Waals surface area contributed by atoms with Gasteiger partial charge in [0.05, 0.1) is 5.69 Å². The number of carbonyl (C=O) groups excluding carboxylic acids is 2. The van der Waals surface area contributed by atoms with Gasteiger partial charge in [-0.05, 0) is 52.2 Å². The molecule has 1 atom stereocenters. The first-order valence-electron chi connectivity index (χ1n) is 8.28. The number of aryl methyl sites for hydroxylation is 4. The predicted octanol–water partition coefficient (Wildman–Crippen LogP) is 3.41. The zero-order valence-corrected chi connectivity index (χ0v) is 15.3. The molecule has 0 radical (unpaired) electrons. The third-order valence-corrected chi connectivity index (χ3v) is 4.17. The molecule has 1 aromatic heterocycles. The van der Waals surface area contributed by atoms with Crippen molar-refractivity contribution in [1.29, 1.82) is 0 Å². The molecule has 1 aromatic carbocycles. The van der Waals surface area contributed by atoms with E-state index in [0.29, 0.717) is 12.2 Å². The molecule has 6 nitrogen and oxygen atoms in total. The number of esters is 1. The summed E-state index contributed by atoms with van der Waals surface area (Å²) in [5.41, 5.74) is 4.36. The number of hydrogen-bond donors (Lipinski definition) is 1. The van der Waals surface area contributed by atoms with Gasteiger partial charge in [-0.3, -0.25) is 9.59 Å². The molecule has 2 aromatic rings. The fraction of sp³-hybridized carbons (Fsp3) is 0.421. The van der Waals surface area contributed by atoms with E-state index in [1.165, 1.54) is 0 Å². The predicted molar refractivity (Wildman–Crippen MR) is 94.4 cm³/mol. The van der Waals surface area contributed by atoms with Gasteiger partial charge < -0.3 is 14.6 Å². The molecule has 1 N–H and O–H groups in total. The van der Waals surface area contributed by atoms with Crippen LogP contribution in [0.5, 0.6) is 0 Å². The van der Waals surface area contributed by atoms with Crippen molar-refractivity contribution in [3.8, 4) is 0 Å². The summed E-state index contributed by atoms with van der Waals surface area (Å²) in [7, 11) is 0. The van der Waals surface area contributed by atoms with Crippen LogP contribution in [0.2, 0.25) is 0 Å². The fourth-order valence-corrected chi connectivity index (χ4v) is 2.63. The minimum absolute atomic E-state index is 0.171. The van der Waals surface area contributed by atoms with Gasteiger partial charge in [0.25, 0.3) is 5.91 Å². The molecule has 0 spiro atoms. The number of para-hydroxylation sites is 1. The van der Waals surface area contributed by atoms with Crippen LogP contribution in [-0.2, 0) is 20.7 Å². The van der Waals surface area contributed by atoms with Crippen LogP contribution in [0, 0.1) is 27.7 Å². The first-order valence-corrected chi connectivity index (χ1v) is 8.28. The van der Waals surface area contributed by atoms with Crippen LogP contribution in [-0.4, -0.2) is 23.1 Å². The molecule has 0 saturated carbocycles. The second-order valence-corrected chi connectivity index (χ2v) is 6.19. The summed E-state index contributed by atoms with van der Waals surface area (Å²) in [5.74, 6) is -0.0710. The molecule has 25 heavy (non-hydrogen) atoms. The van der Waals surface area contributed by atoms with Gasteiger partial charge in [0, 0.05) is 17.7 Å². The minimum Gasteiger partial charge on any atom is -0.453 e. The van der Waals surface area contributed by atoms with Crippen LogP contribution in [0.3, 0.4) is 0 Å². The maximum Gasteiger partial charge on any atom is 0.306 e. The van der Waals surface area contributed by atoms with E-state index in [1.54, 1.807) is 13.8 Å². The number of nitrogens with one attached hydrogen (secondary N) is 1. The highest BCUT2D eigenvalue weighted by Crippen LogP contribution is 2.20. The zero-order chi connectivity index (χ0) is 18.6. The molecule has 6 heteroatoms. The maximum absolute atomic E-state index is 12.3. The van der Waals surface area contributed by atoms with Crippen LogP contribution >= 0.6 is 0 Å². The van der Waals surface area contributed by atoms with Gasteiger partial charge in [-0.2, -0.15) is 0 Å². The minimum atomic E-state index is -0.865. The number of anilines is 1. The lowest BCUT2D eigenvalue weighted by Crippen LogP contribution is -2.30.